The van der Waals surface area contributed by atoms with Crippen LogP contribution in [0.5, 0.6) is 0 Å². The SMILES string of the molecule is C[C@@H]1[C@@H]([Si](C)(C)F)[C@H](CCn2cc(C(CO)c3ccccc3)nn2)O[C@@H]1CCc1ccc(-n2[nH]c3ccccc3c2=O)cc1. The lowest BCUT2D eigenvalue weighted by Crippen LogP contribution is -2.36. The van der Waals surface area contributed by atoms with Crippen LogP contribution in [0, 0.1) is 5.92 Å². The zero-order valence-corrected chi connectivity index (χ0v) is 26.4. The van der Waals surface area contributed by atoms with Gasteiger partial charge in [-0.1, -0.05) is 66.7 Å². The number of halogens is 1. The number of benzene rings is 3. The van der Waals surface area contributed by atoms with Crippen LogP contribution in [0.25, 0.3) is 16.6 Å². The first kappa shape index (κ1) is 30.2. The van der Waals surface area contributed by atoms with Crippen molar-refractivity contribution in [3.63, 3.8) is 0 Å². The van der Waals surface area contributed by atoms with Crippen LogP contribution in [-0.2, 0) is 17.7 Å². The van der Waals surface area contributed by atoms with E-state index in [1.165, 1.54) is 0 Å². The molecular formula is C34H40FN5O3Si. The number of ether oxygens (including phenoxy) is 1. The molecule has 230 valence electrons. The summed E-state index contributed by atoms with van der Waals surface area (Å²) in [4.78, 5) is 12.8. The van der Waals surface area contributed by atoms with E-state index in [9.17, 15) is 9.90 Å². The first-order valence-electron chi connectivity index (χ1n) is 15.4. The molecule has 1 saturated heterocycles. The number of para-hydroxylation sites is 1. The van der Waals surface area contributed by atoms with Gasteiger partial charge < -0.3 is 14.0 Å². The summed E-state index contributed by atoms with van der Waals surface area (Å²) in [5.74, 6) is -0.126. The molecule has 6 rings (SSSR count). The molecule has 0 aliphatic carbocycles. The lowest BCUT2D eigenvalue weighted by molar-refractivity contribution is 0.0247. The van der Waals surface area contributed by atoms with Crippen LogP contribution in [0.4, 0.5) is 4.11 Å². The predicted octanol–water partition coefficient (Wildman–Crippen LogP) is 6.01. The fourth-order valence-electron chi connectivity index (χ4n) is 6.91. The zero-order valence-electron chi connectivity index (χ0n) is 25.4. The molecule has 5 aromatic rings. The van der Waals surface area contributed by atoms with Crippen LogP contribution >= 0.6 is 0 Å². The molecule has 5 atom stereocenters. The van der Waals surface area contributed by atoms with E-state index in [0.29, 0.717) is 18.4 Å². The van der Waals surface area contributed by atoms with Gasteiger partial charge in [0.1, 0.15) is 0 Å². The molecule has 0 bridgehead atoms. The van der Waals surface area contributed by atoms with E-state index in [1.807, 2.05) is 85.1 Å². The maximum Gasteiger partial charge on any atom is 0.279 e. The van der Waals surface area contributed by atoms with Gasteiger partial charge in [-0.05, 0) is 73.7 Å². The van der Waals surface area contributed by atoms with E-state index in [0.717, 1.165) is 40.9 Å². The van der Waals surface area contributed by atoms with Gasteiger partial charge in [0, 0.05) is 18.3 Å². The van der Waals surface area contributed by atoms with E-state index in [4.69, 9.17) is 4.74 Å². The van der Waals surface area contributed by atoms with Crippen molar-refractivity contribution in [1.29, 1.82) is 0 Å². The third-order valence-electron chi connectivity index (χ3n) is 9.14. The number of nitrogens with one attached hydrogen (secondary N) is 1. The molecule has 1 fully saturated rings. The molecule has 1 aliphatic rings. The van der Waals surface area contributed by atoms with Crippen LogP contribution in [-0.4, -0.2) is 57.1 Å². The van der Waals surface area contributed by atoms with Crippen molar-refractivity contribution in [3.8, 4) is 5.69 Å². The molecule has 1 unspecified atom stereocenters. The van der Waals surface area contributed by atoms with Crippen LogP contribution in [0.2, 0.25) is 18.6 Å². The molecular weight excluding hydrogens is 573 g/mol. The molecule has 2 aromatic heterocycles. The maximum absolute atomic E-state index is 15.7. The molecule has 3 aromatic carbocycles. The van der Waals surface area contributed by atoms with Gasteiger partial charge in [0.2, 0.25) is 8.41 Å². The Hall–Kier alpha value is -3.86. The van der Waals surface area contributed by atoms with Crippen LogP contribution in [0.1, 0.15) is 42.5 Å². The lowest BCUT2D eigenvalue weighted by atomic mass is 9.95. The topological polar surface area (TPSA) is 98.0 Å². The smallest absolute Gasteiger partial charge is 0.279 e. The van der Waals surface area contributed by atoms with E-state index < -0.39 is 8.41 Å². The van der Waals surface area contributed by atoms with Crippen LogP contribution < -0.4 is 5.56 Å². The number of hydrogen-bond acceptors (Lipinski definition) is 5. The molecule has 10 heteroatoms. The van der Waals surface area contributed by atoms with E-state index in [-0.39, 0.29) is 41.8 Å². The Bertz CT molecular complexity index is 1740. The van der Waals surface area contributed by atoms with Crippen molar-refractivity contribution >= 4 is 19.3 Å². The number of H-pyrrole nitrogens is 1. The number of fused-ring (bicyclic) bond motifs is 1. The Morgan fingerprint density at radius 2 is 1.73 bits per heavy atom. The second kappa shape index (κ2) is 12.6. The molecule has 2 N–H and O–H groups in total. The minimum atomic E-state index is -3.01. The molecule has 3 heterocycles. The Morgan fingerprint density at radius 1 is 1.00 bits per heavy atom. The Kier molecular flexibility index (Phi) is 8.66. The maximum atomic E-state index is 15.7. The minimum Gasteiger partial charge on any atom is -0.395 e. The number of aliphatic hydroxyl groups is 1. The summed E-state index contributed by atoms with van der Waals surface area (Å²) < 4.78 is 25.6. The first-order valence-corrected chi connectivity index (χ1v) is 18.4. The molecule has 0 amide bonds. The normalized spacial score (nSPS) is 21.2. The van der Waals surface area contributed by atoms with Crippen LogP contribution in [0.15, 0.2) is 89.9 Å². The summed E-state index contributed by atoms with van der Waals surface area (Å²) in [6, 6.07) is 25.3. The summed E-state index contributed by atoms with van der Waals surface area (Å²) in [5.41, 5.74) is 4.28. The number of rotatable bonds is 11. The van der Waals surface area contributed by atoms with Crippen LogP contribution in [0.3, 0.4) is 0 Å². The van der Waals surface area contributed by atoms with Gasteiger partial charge in [0.25, 0.3) is 5.56 Å². The van der Waals surface area contributed by atoms with Crippen molar-refractivity contribution in [2.75, 3.05) is 6.61 Å². The summed E-state index contributed by atoms with van der Waals surface area (Å²) in [6.45, 7) is 6.23. The van der Waals surface area contributed by atoms with E-state index in [2.05, 4.69) is 22.3 Å². The highest BCUT2D eigenvalue weighted by atomic mass is 28.4. The second-order valence-corrected chi connectivity index (χ2v) is 16.3. The van der Waals surface area contributed by atoms with Crippen molar-refractivity contribution < 1.29 is 14.0 Å². The molecule has 44 heavy (non-hydrogen) atoms. The standard InChI is InChI=1S/C34H40FN5O3Si/c1-23-31(18-15-24-13-16-26(17-14-24)40-34(42)27-11-7-8-12-29(27)37-40)43-32(33(23)44(2,3)35)19-20-39-21-30(36-38-39)28(22-41)25-9-5-4-6-10-25/h4-14,16-17,21,23,28,31-33,37,41H,15,18-20,22H2,1-3H3/t23-,28?,31+,32-,33+/m0/s1. The number of aryl methyl sites for hydroxylation is 2. The number of aromatic amines is 1. The number of hydrogen-bond donors (Lipinski definition) is 2. The monoisotopic (exact) mass is 613 g/mol. The van der Waals surface area contributed by atoms with Crippen molar-refractivity contribution in [1.82, 2.24) is 24.8 Å². The van der Waals surface area contributed by atoms with E-state index in [1.54, 1.807) is 22.5 Å². The van der Waals surface area contributed by atoms with Gasteiger partial charge in [-0.2, -0.15) is 0 Å². The second-order valence-electron chi connectivity index (χ2n) is 12.5. The van der Waals surface area contributed by atoms with Gasteiger partial charge in [0.05, 0.1) is 47.0 Å². The third-order valence-corrected chi connectivity index (χ3v) is 11.6. The Morgan fingerprint density at radius 3 is 2.43 bits per heavy atom. The average Bonchev–Trinajstić information content (AvgIpc) is 3.72. The molecule has 8 nitrogen and oxygen atoms in total. The minimum absolute atomic E-state index is 0.0355. The molecule has 0 radical (unpaired) electrons. The quantitative estimate of drug-likeness (QED) is 0.141. The molecule has 0 saturated carbocycles. The summed E-state index contributed by atoms with van der Waals surface area (Å²) in [5, 5.41) is 22.5. The van der Waals surface area contributed by atoms with Gasteiger partial charge >= 0.3 is 0 Å². The zero-order chi connectivity index (χ0) is 30.8. The summed E-state index contributed by atoms with van der Waals surface area (Å²) in [6.07, 6.45) is 3.91. The van der Waals surface area contributed by atoms with Gasteiger partial charge in [-0.25, -0.2) is 4.68 Å². The third kappa shape index (κ3) is 6.20. The average molecular weight is 614 g/mol. The van der Waals surface area contributed by atoms with Gasteiger partial charge in [0.15, 0.2) is 0 Å². The highest BCUT2D eigenvalue weighted by molar-refractivity contribution is 6.72. The Balaban J connectivity index is 1.09. The predicted molar refractivity (Wildman–Crippen MR) is 172 cm³/mol. The highest BCUT2D eigenvalue weighted by Gasteiger charge is 2.50. The van der Waals surface area contributed by atoms with Gasteiger partial charge in [-0.3, -0.25) is 14.6 Å². The van der Waals surface area contributed by atoms with Crippen molar-refractivity contribution in [3.05, 3.63) is 112 Å². The van der Waals surface area contributed by atoms with E-state index >= 15 is 4.11 Å². The first-order chi connectivity index (χ1) is 21.2. The number of aromatic nitrogens is 5. The van der Waals surface area contributed by atoms with Crippen molar-refractivity contribution in [2.24, 2.45) is 5.92 Å². The van der Waals surface area contributed by atoms with Gasteiger partial charge in [-0.15, -0.1) is 5.10 Å². The molecule has 1 aliphatic heterocycles. The Labute approximate surface area is 257 Å². The largest absolute Gasteiger partial charge is 0.395 e. The fourth-order valence-corrected chi connectivity index (χ4v) is 9.50. The lowest BCUT2D eigenvalue weighted by Gasteiger charge is -2.28. The van der Waals surface area contributed by atoms with Crippen molar-refractivity contribution in [2.45, 2.75) is 69.5 Å². The summed E-state index contributed by atoms with van der Waals surface area (Å²) >= 11 is 0. The fraction of sp³-hybridized carbons (Fsp3) is 0.382. The number of aliphatic hydroxyl groups excluding tert-OH is 1. The summed E-state index contributed by atoms with van der Waals surface area (Å²) in [7, 11) is -3.01. The molecule has 0 spiro atoms. The number of nitrogens with zero attached hydrogens (tertiary/aromatic N) is 4. The highest BCUT2D eigenvalue weighted by Crippen LogP contribution is 2.47.